The molecule has 0 heterocycles. The lowest BCUT2D eigenvalue weighted by molar-refractivity contribution is 0.0784. The van der Waals surface area contributed by atoms with Crippen LogP contribution in [0, 0.1) is 12.7 Å². The van der Waals surface area contributed by atoms with Crippen LogP contribution < -0.4 is 10.1 Å². The van der Waals surface area contributed by atoms with E-state index in [1.807, 2.05) is 31.2 Å². The molecule has 0 saturated carbocycles. The molecule has 154 valence electrons. The van der Waals surface area contributed by atoms with Gasteiger partial charge in [0.05, 0.1) is 12.7 Å². The van der Waals surface area contributed by atoms with Crippen molar-refractivity contribution in [3.8, 4) is 5.75 Å². The first kappa shape index (κ1) is 21.0. The number of nitrogens with zero attached hydrogens (tertiary/aromatic N) is 1. The highest BCUT2D eigenvalue weighted by Gasteiger charge is 2.16. The minimum Gasteiger partial charge on any atom is -0.497 e. The van der Waals surface area contributed by atoms with Gasteiger partial charge in [0.2, 0.25) is 0 Å². The van der Waals surface area contributed by atoms with E-state index >= 15 is 0 Å². The number of hydrogen-bond donors (Lipinski definition) is 1. The van der Waals surface area contributed by atoms with E-state index in [2.05, 4.69) is 5.32 Å². The highest BCUT2D eigenvalue weighted by molar-refractivity contribution is 6.05. The number of carbonyl (C=O) groups is 2. The Morgan fingerprint density at radius 3 is 2.40 bits per heavy atom. The molecule has 0 radical (unpaired) electrons. The number of amides is 2. The quantitative estimate of drug-likeness (QED) is 0.647. The molecule has 0 aromatic heterocycles. The average molecular weight is 406 g/mol. The number of nitrogens with one attached hydrogen (secondary N) is 1. The van der Waals surface area contributed by atoms with Crippen LogP contribution in [0.1, 0.15) is 31.8 Å². The van der Waals surface area contributed by atoms with E-state index in [-0.39, 0.29) is 11.5 Å². The van der Waals surface area contributed by atoms with Gasteiger partial charge >= 0.3 is 0 Å². The van der Waals surface area contributed by atoms with Gasteiger partial charge in [-0.15, -0.1) is 0 Å². The summed E-state index contributed by atoms with van der Waals surface area (Å²) in [6.45, 7) is 2.24. The Morgan fingerprint density at radius 2 is 1.73 bits per heavy atom. The van der Waals surface area contributed by atoms with Crippen LogP contribution in [0.2, 0.25) is 0 Å². The van der Waals surface area contributed by atoms with Crippen LogP contribution in [0.4, 0.5) is 10.1 Å². The topological polar surface area (TPSA) is 58.6 Å². The van der Waals surface area contributed by atoms with Gasteiger partial charge in [0.1, 0.15) is 11.6 Å². The summed E-state index contributed by atoms with van der Waals surface area (Å²) in [5.41, 5.74) is 2.58. The Bertz CT molecular complexity index is 1060. The summed E-state index contributed by atoms with van der Waals surface area (Å²) in [7, 11) is 3.31. The third-order valence-electron chi connectivity index (χ3n) is 4.78. The Labute approximate surface area is 175 Å². The zero-order valence-electron chi connectivity index (χ0n) is 17.1. The molecule has 0 aliphatic rings. The molecule has 5 nitrogen and oxygen atoms in total. The molecule has 0 saturated heterocycles. The van der Waals surface area contributed by atoms with Crippen molar-refractivity contribution < 1.29 is 18.7 Å². The van der Waals surface area contributed by atoms with Crippen molar-refractivity contribution in [2.24, 2.45) is 0 Å². The molecule has 0 atom stereocenters. The maximum atomic E-state index is 13.9. The van der Waals surface area contributed by atoms with Crippen molar-refractivity contribution in [1.29, 1.82) is 0 Å². The first-order valence-corrected chi connectivity index (χ1v) is 9.44. The van der Waals surface area contributed by atoms with Crippen molar-refractivity contribution in [2.75, 3.05) is 19.5 Å². The van der Waals surface area contributed by atoms with Gasteiger partial charge < -0.3 is 15.0 Å². The summed E-state index contributed by atoms with van der Waals surface area (Å²) in [5.74, 6) is -0.597. The highest BCUT2D eigenvalue weighted by Crippen LogP contribution is 2.20. The van der Waals surface area contributed by atoms with E-state index in [1.165, 1.54) is 18.2 Å². The molecule has 3 aromatic carbocycles. The van der Waals surface area contributed by atoms with Crippen molar-refractivity contribution >= 4 is 17.5 Å². The second-order valence-corrected chi connectivity index (χ2v) is 6.97. The second kappa shape index (κ2) is 9.22. The Morgan fingerprint density at radius 1 is 1.03 bits per heavy atom. The number of carbonyl (C=O) groups excluding carboxylic acids is 2. The van der Waals surface area contributed by atoms with Crippen LogP contribution in [0.5, 0.6) is 5.75 Å². The van der Waals surface area contributed by atoms with E-state index in [9.17, 15) is 14.0 Å². The third kappa shape index (κ3) is 4.84. The monoisotopic (exact) mass is 406 g/mol. The average Bonchev–Trinajstić information content (AvgIpc) is 2.75. The predicted octanol–water partition coefficient (Wildman–Crippen LogP) is 4.67. The van der Waals surface area contributed by atoms with Crippen LogP contribution in [0.3, 0.4) is 0 Å². The van der Waals surface area contributed by atoms with E-state index in [0.717, 1.165) is 16.9 Å². The SMILES string of the molecule is COc1ccc(CN(C)C(=O)c2ccc(C)c(NC(=O)c3ccccc3F)c2)cc1. The zero-order valence-corrected chi connectivity index (χ0v) is 17.1. The normalized spacial score (nSPS) is 10.4. The first-order chi connectivity index (χ1) is 14.4. The predicted molar refractivity (Wildman–Crippen MR) is 114 cm³/mol. The molecule has 2 amide bonds. The number of ether oxygens (including phenoxy) is 1. The third-order valence-corrected chi connectivity index (χ3v) is 4.78. The molecule has 1 N–H and O–H groups in total. The van der Waals surface area contributed by atoms with Crippen LogP contribution in [-0.4, -0.2) is 30.9 Å². The Balaban J connectivity index is 1.75. The lowest BCUT2D eigenvalue weighted by Crippen LogP contribution is -2.26. The number of anilines is 1. The van der Waals surface area contributed by atoms with Crippen LogP contribution in [-0.2, 0) is 6.54 Å². The van der Waals surface area contributed by atoms with Gasteiger partial charge in [-0.3, -0.25) is 9.59 Å². The molecule has 0 fully saturated rings. The maximum Gasteiger partial charge on any atom is 0.258 e. The largest absolute Gasteiger partial charge is 0.497 e. The van der Waals surface area contributed by atoms with Crippen molar-refractivity contribution in [2.45, 2.75) is 13.5 Å². The Kier molecular flexibility index (Phi) is 6.47. The van der Waals surface area contributed by atoms with Crippen molar-refractivity contribution in [1.82, 2.24) is 4.90 Å². The fraction of sp³-hybridized carbons (Fsp3) is 0.167. The fourth-order valence-electron chi connectivity index (χ4n) is 3.02. The minimum atomic E-state index is -0.598. The van der Waals surface area contributed by atoms with Crippen LogP contribution in [0.25, 0.3) is 0 Å². The molecule has 0 spiro atoms. The number of hydrogen-bond acceptors (Lipinski definition) is 3. The van der Waals surface area contributed by atoms with Crippen molar-refractivity contribution in [3.63, 3.8) is 0 Å². The summed E-state index contributed by atoms with van der Waals surface area (Å²) in [6, 6.07) is 18.3. The summed E-state index contributed by atoms with van der Waals surface area (Å²) in [5, 5.41) is 2.70. The van der Waals surface area contributed by atoms with Gasteiger partial charge in [0.25, 0.3) is 11.8 Å². The number of aryl methyl sites for hydroxylation is 1. The lowest BCUT2D eigenvalue weighted by atomic mass is 10.1. The summed E-state index contributed by atoms with van der Waals surface area (Å²) < 4.78 is 19.0. The van der Waals surface area contributed by atoms with Gasteiger partial charge in [0, 0.05) is 24.8 Å². The Hall–Kier alpha value is -3.67. The van der Waals surface area contributed by atoms with Crippen LogP contribution >= 0.6 is 0 Å². The second-order valence-electron chi connectivity index (χ2n) is 6.97. The van der Waals surface area contributed by atoms with Crippen LogP contribution in [0.15, 0.2) is 66.7 Å². The summed E-state index contributed by atoms with van der Waals surface area (Å²) in [6.07, 6.45) is 0. The minimum absolute atomic E-state index is 0.0507. The standard InChI is InChI=1S/C24H23FN2O3/c1-16-8-11-18(14-22(16)26-23(28)20-6-4-5-7-21(20)25)24(29)27(2)15-17-9-12-19(30-3)13-10-17/h4-14H,15H2,1-3H3,(H,26,28). The van der Waals surface area contributed by atoms with Gasteiger partial charge in [0.15, 0.2) is 0 Å². The molecule has 0 aliphatic heterocycles. The van der Waals surface area contributed by atoms with Gasteiger partial charge in [-0.25, -0.2) is 4.39 Å². The van der Waals surface area contributed by atoms with E-state index in [0.29, 0.717) is 17.8 Å². The zero-order chi connectivity index (χ0) is 21.7. The number of halogens is 1. The highest BCUT2D eigenvalue weighted by atomic mass is 19.1. The molecule has 30 heavy (non-hydrogen) atoms. The maximum absolute atomic E-state index is 13.9. The summed E-state index contributed by atoms with van der Waals surface area (Å²) >= 11 is 0. The first-order valence-electron chi connectivity index (χ1n) is 9.44. The molecule has 0 aliphatic carbocycles. The van der Waals surface area contributed by atoms with Gasteiger partial charge in [-0.2, -0.15) is 0 Å². The molecular weight excluding hydrogens is 383 g/mol. The molecular formula is C24H23FN2O3. The molecule has 0 unspecified atom stereocenters. The number of benzene rings is 3. The smallest absolute Gasteiger partial charge is 0.258 e. The molecule has 6 heteroatoms. The molecule has 3 rings (SSSR count). The lowest BCUT2D eigenvalue weighted by Gasteiger charge is -2.19. The summed E-state index contributed by atoms with van der Waals surface area (Å²) in [4.78, 5) is 26.9. The number of rotatable bonds is 6. The van der Waals surface area contributed by atoms with E-state index in [4.69, 9.17) is 4.74 Å². The van der Waals surface area contributed by atoms with E-state index in [1.54, 1.807) is 43.3 Å². The number of methoxy groups -OCH3 is 1. The molecule has 3 aromatic rings. The fourth-order valence-corrected chi connectivity index (χ4v) is 3.02. The van der Waals surface area contributed by atoms with Crippen molar-refractivity contribution in [3.05, 3.63) is 94.8 Å². The van der Waals surface area contributed by atoms with Gasteiger partial charge in [-0.1, -0.05) is 30.3 Å². The van der Waals surface area contributed by atoms with Gasteiger partial charge in [-0.05, 0) is 54.4 Å². The van der Waals surface area contributed by atoms with E-state index < -0.39 is 11.7 Å². The molecule has 0 bridgehead atoms.